The van der Waals surface area contributed by atoms with Gasteiger partial charge in [-0.15, -0.1) is 0 Å². The van der Waals surface area contributed by atoms with Crippen molar-refractivity contribution >= 4 is 0 Å². The van der Waals surface area contributed by atoms with Gasteiger partial charge < -0.3 is 10.0 Å². The van der Waals surface area contributed by atoms with Crippen LogP contribution < -0.4 is 0 Å². The van der Waals surface area contributed by atoms with E-state index in [1.54, 1.807) is 12.1 Å². The molecule has 2 heteroatoms. The number of aromatic hydroxyl groups is 1. The topological polar surface area (TPSA) is 23.5 Å². The third-order valence-corrected chi connectivity index (χ3v) is 3.28. The number of nitrogens with zero attached hydrogens (tertiary/aromatic N) is 1. The van der Waals surface area contributed by atoms with Crippen LogP contribution in [0.4, 0.5) is 0 Å². The second-order valence-electron chi connectivity index (χ2n) is 5.17. The Hall–Kier alpha value is -1.02. The summed E-state index contributed by atoms with van der Waals surface area (Å²) in [6.07, 6.45) is 8.10. The van der Waals surface area contributed by atoms with Crippen LogP contribution in [0.25, 0.3) is 0 Å². The van der Waals surface area contributed by atoms with Gasteiger partial charge in [-0.25, -0.2) is 0 Å². The molecule has 1 aromatic carbocycles. The Balaban J connectivity index is 2.10. The van der Waals surface area contributed by atoms with Crippen LogP contribution in [0, 0.1) is 0 Å². The van der Waals surface area contributed by atoms with E-state index >= 15 is 0 Å². The van der Waals surface area contributed by atoms with Crippen LogP contribution in [-0.4, -0.2) is 23.6 Å². The maximum Gasteiger partial charge on any atom is 0.115 e. The number of phenols is 1. The van der Waals surface area contributed by atoms with Gasteiger partial charge in [0.25, 0.3) is 0 Å². The Bertz CT molecular complexity index is 307. The second-order valence-corrected chi connectivity index (χ2v) is 5.17. The summed E-state index contributed by atoms with van der Waals surface area (Å²) in [6, 6.07) is 7.50. The number of phenolic OH excluding ortho intramolecular Hbond substituents is 1. The normalized spacial score (nSPS) is 11.1. The molecule has 0 atom stereocenters. The third-order valence-electron chi connectivity index (χ3n) is 3.28. The zero-order valence-corrected chi connectivity index (χ0v) is 11.9. The molecule has 1 rings (SSSR count). The molecule has 0 radical (unpaired) electrons. The Labute approximate surface area is 112 Å². The van der Waals surface area contributed by atoms with Gasteiger partial charge in [-0.2, -0.15) is 0 Å². The lowest BCUT2D eigenvalue weighted by atomic mass is 10.1. The smallest absolute Gasteiger partial charge is 0.115 e. The van der Waals surface area contributed by atoms with Gasteiger partial charge in [0, 0.05) is 6.54 Å². The Morgan fingerprint density at radius 1 is 0.944 bits per heavy atom. The van der Waals surface area contributed by atoms with Crippen molar-refractivity contribution in [1.29, 1.82) is 0 Å². The lowest BCUT2D eigenvalue weighted by Gasteiger charge is -2.16. The summed E-state index contributed by atoms with van der Waals surface area (Å²) in [5.41, 5.74) is 1.27. The highest BCUT2D eigenvalue weighted by Gasteiger charge is 2.00. The molecule has 0 amide bonds. The first-order valence-electron chi connectivity index (χ1n) is 7.19. The van der Waals surface area contributed by atoms with Gasteiger partial charge in [-0.1, -0.05) is 51.2 Å². The Morgan fingerprint density at radius 2 is 1.56 bits per heavy atom. The van der Waals surface area contributed by atoms with Crippen molar-refractivity contribution in [2.75, 3.05) is 13.6 Å². The molecular formula is C16H27NO. The van der Waals surface area contributed by atoms with Crippen molar-refractivity contribution < 1.29 is 5.11 Å². The molecule has 2 nitrogen and oxygen atoms in total. The summed E-state index contributed by atoms with van der Waals surface area (Å²) < 4.78 is 0. The van der Waals surface area contributed by atoms with Gasteiger partial charge in [0.1, 0.15) is 5.75 Å². The fourth-order valence-electron chi connectivity index (χ4n) is 2.15. The van der Waals surface area contributed by atoms with Gasteiger partial charge in [0.15, 0.2) is 0 Å². The first-order chi connectivity index (χ1) is 8.72. The standard InChI is InChI=1S/C16H27NO/c1-3-4-5-6-7-8-13-17(2)14-15-9-11-16(18)12-10-15/h9-12,18H,3-8,13-14H2,1-2H3. The minimum Gasteiger partial charge on any atom is -0.508 e. The van der Waals surface area contributed by atoms with Gasteiger partial charge >= 0.3 is 0 Å². The van der Waals surface area contributed by atoms with Gasteiger partial charge in [-0.05, 0) is 37.7 Å². The quantitative estimate of drug-likeness (QED) is 0.663. The van der Waals surface area contributed by atoms with Crippen LogP contribution >= 0.6 is 0 Å². The van der Waals surface area contributed by atoms with E-state index in [0.29, 0.717) is 5.75 Å². The minimum atomic E-state index is 0.345. The molecule has 0 bridgehead atoms. The number of unbranched alkanes of at least 4 members (excludes halogenated alkanes) is 5. The summed E-state index contributed by atoms with van der Waals surface area (Å²) in [5.74, 6) is 0.345. The van der Waals surface area contributed by atoms with E-state index in [9.17, 15) is 5.11 Å². The molecule has 0 spiro atoms. The molecule has 0 fully saturated rings. The number of rotatable bonds is 9. The maximum atomic E-state index is 9.22. The first kappa shape index (κ1) is 15.0. The van der Waals surface area contributed by atoms with Gasteiger partial charge in [-0.3, -0.25) is 0 Å². The van der Waals surface area contributed by atoms with Crippen LogP contribution in [-0.2, 0) is 6.54 Å². The van der Waals surface area contributed by atoms with Crippen molar-refractivity contribution in [3.63, 3.8) is 0 Å². The highest BCUT2D eigenvalue weighted by atomic mass is 16.3. The van der Waals surface area contributed by atoms with E-state index in [-0.39, 0.29) is 0 Å². The van der Waals surface area contributed by atoms with Crippen LogP contribution in [0.5, 0.6) is 5.75 Å². The second kappa shape index (κ2) is 8.98. The molecule has 0 aliphatic carbocycles. The summed E-state index contributed by atoms with van der Waals surface area (Å²) >= 11 is 0. The Kier molecular flexibility index (Phi) is 7.51. The molecule has 0 heterocycles. The van der Waals surface area contributed by atoms with Crippen LogP contribution in [0.2, 0.25) is 0 Å². The largest absolute Gasteiger partial charge is 0.508 e. The Morgan fingerprint density at radius 3 is 2.22 bits per heavy atom. The molecule has 102 valence electrons. The summed E-state index contributed by atoms with van der Waals surface area (Å²) in [7, 11) is 2.17. The van der Waals surface area contributed by atoms with Crippen molar-refractivity contribution in [1.82, 2.24) is 4.90 Å². The van der Waals surface area contributed by atoms with Crippen LogP contribution in [0.15, 0.2) is 24.3 Å². The van der Waals surface area contributed by atoms with Crippen molar-refractivity contribution in [2.45, 2.75) is 52.0 Å². The third kappa shape index (κ3) is 6.65. The number of hydrogen-bond donors (Lipinski definition) is 1. The van der Waals surface area contributed by atoms with Crippen molar-refractivity contribution in [3.8, 4) is 5.75 Å². The van der Waals surface area contributed by atoms with Crippen LogP contribution in [0.3, 0.4) is 0 Å². The SMILES string of the molecule is CCCCCCCCN(C)Cc1ccc(O)cc1. The molecule has 0 saturated heterocycles. The van der Waals surface area contributed by atoms with E-state index in [0.717, 1.165) is 13.1 Å². The first-order valence-corrected chi connectivity index (χ1v) is 7.19. The summed E-state index contributed by atoms with van der Waals surface area (Å²) in [4.78, 5) is 2.35. The molecule has 0 aromatic heterocycles. The van der Waals surface area contributed by atoms with Crippen molar-refractivity contribution in [3.05, 3.63) is 29.8 Å². The number of hydrogen-bond acceptors (Lipinski definition) is 2. The van der Waals surface area contributed by atoms with Gasteiger partial charge in [0.05, 0.1) is 0 Å². The average molecular weight is 249 g/mol. The van der Waals surface area contributed by atoms with Crippen molar-refractivity contribution in [2.24, 2.45) is 0 Å². The zero-order valence-electron chi connectivity index (χ0n) is 11.9. The van der Waals surface area contributed by atoms with Crippen LogP contribution in [0.1, 0.15) is 51.0 Å². The predicted molar refractivity (Wildman–Crippen MR) is 77.8 cm³/mol. The lowest BCUT2D eigenvalue weighted by molar-refractivity contribution is 0.316. The predicted octanol–water partition coefficient (Wildman–Crippen LogP) is 4.18. The van der Waals surface area contributed by atoms with E-state index in [4.69, 9.17) is 0 Å². The molecule has 1 N–H and O–H groups in total. The minimum absolute atomic E-state index is 0.345. The molecule has 0 aliphatic rings. The zero-order chi connectivity index (χ0) is 13.2. The summed E-state index contributed by atoms with van der Waals surface area (Å²) in [6.45, 7) is 4.38. The van der Waals surface area contributed by atoms with Gasteiger partial charge in [0.2, 0.25) is 0 Å². The van der Waals surface area contributed by atoms with E-state index in [1.807, 2.05) is 12.1 Å². The fraction of sp³-hybridized carbons (Fsp3) is 0.625. The monoisotopic (exact) mass is 249 g/mol. The molecule has 18 heavy (non-hydrogen) atoms. The molecule has 0 aliphatic heterocycles. The molecule has 1 aromatic rings. The number of benzene rings is 1. The maximum absolute atomic E-state index is 9.22. The highest BCUT2D eigenvalue weighted by molar-refractivity contribution is 5.25. The molecule has 0 saturated carbocycles. The van der Waals surface area contributed by atoms with E-state index < -0.39 is 0 Å². The summed E-state index contributed by atoms with van der Waals surface area (Å²) in [5, 5.41) is 9.22. The van der Waals surface area contributed by atoms with E-state index in [2.05, 4.69) is 18.9 Å². The fourth-order valence-corrected chi connectivity index (χ4v) is 2.15. The lowest BCUT2D eigenvalue weighted by Crippen LogP contribution is -2.18. The molecule has 0 unspecified atom stereocenters. The van der Waals surface area contributed by atoms with E-state index in [1.165, 1.54) is 44.1 Å². The highest BCUT2D eigenvalue weighted by Crippen LogP contribution is 2.12. The molecular weight excluding hydrogens is 222 g/mol. The average Bonchev–Trinajstić information content (AvgIpc) is 2.36.